The Bertz CT molecular complexity index is 415. The topological polar surface area (TPSA) is 55.8 Å². The molecule has 0 bridgehead atoms. The van der Waals surface area contributed by atoms with Crippen molar-refractivity contribution >= 4 is 17.6 Å². The molecular formula is C12H15ClO4. The standard InChI is InChI=1S/C12H15ClO4/c1-4-16-11-9(13)5-8(12(14)15)6-10(11)17-7(2)3/h5-7H,4H2,1-3H3,(H,14,15). The second-order valence-electron chi connectivity index (χ2n) is 3.69. The van der Waals surface area contributed by atoms with E-state index in [9.17, 15) is 4.79 Å². The van der Waals surface area contributed by atoms with Gasteiger partial charge in [-0.3, -0.25) is 0 Å². The molecule has 0 atom stereocenters. The van der Waals surface area contributed by atoms with Crippen LogP contribution in [0.2, 0.25) is 5.02 Å². The van der Waals surface area contributed by atoms with E-state index in [1.807, 2.05) is 20.8 Å². The first-order valence-corrected chi connectivity index (χ1v) is 5.69. The van der Waals surface area contributed by atoms with E-state index in [4.69, 9.17) is 26.2 Å². The Balaban J connectivity index is 3.23. The van der Waals surface area contributed by atoms with Gasteiger partial charge in [-0.1, -0.05) is 11.6 Å². The van der Waals surface area contributed by atoms with Crippen molar-refractivity contribution in [3.8, 4) is 11.5 Å². The summed E-state index contributed by atoms with van der Waals surface area (Å²) in [5.74, 6) is -0.317. The largest absolute Gasteiger partial charge is 0.488 e. The minimum atomic E-state index is -1.05. The number of rotatable bonds is 5. The summed E-state index contributed by atoms with van der Waals surface area (Å²) in [5.41, 5.74) is 0.0779. The van der Waals surface area contributed by atoms with Gasteiger partial charge in [0.15, 0.2) is 11.5 Å². The van der Waals surface area contributed by atoms with Crippen molar-refractivity contribution in [3.63, 3.8) is 0 Å². The van der Waals surface area contributed by atoms with Gasteiger partial charge in [-0.15, -0.1) is 0 Å². The lowest BCUT2D eigenvalue weighted by molar-refractivity contribution is 0.0696. The molecular weight excluding hydrogens is 244 g/mol. The maximum absolute atomic E-state index is 10.9. The molecule has 0 unspecified atom stereocenters. The number of benzene rings is 1. The number of carboxylic acid groups (broad SMARTS) is 1. The van der Waals surface area contributed by atoms with Crippen LogP contribution in [-0.4, -0.2) is 23.8 Å². The van der Waals surface area contributed by atoms with Gasteiger partial charge >= 0.3 is 5.97 Å². The Kier molecular flexibility index (Phi) is 4.63. The number of halogens is 1. The summed E-state index contributed by atoms with van der Waals surface area (Å²) in [6, 6.07) is 2.77. The van der Waals surface area contributed by atoms with Crippen LogP contribution in [0.4, 0.5) is 0 Å². The maximum atomic E-state index is 10.9. The highest BCUT2D eigenvalue weighted by Crippen LogP contribution is 2.37. The zero-order chi connectivity index (χ0) is 13.0. The van der Waals surface area contributed by atoms with Gasteiger partial charge in [-0.25, -0.2) is 4.79 Å². The lowest BCUT2D eigenvalue weighted by atomic mass is 10.2. The van der Waals surface area contributed by atoms with Crippen LogP contribution < -0.4 is 9.47 Å². The molecule has 0 aromatic heterocycles. The summed E-state index contributed by atoms with van der Waals surface area (Å²) in [6.07, 6.45) is -0.0886. The third-order valence-electron chi connectivity index (χ3n) is 1.91. The van der Waals surface area contributed by atoms with Crippen LogP contribution in [0.15, 0.2) is 12.1 Å². The molecule has 0 spiro atoms. The van der Waals surface area contributed by atoms with E-state index in [2.05, 4.69) is 0 Å². The van der Waals surface area contributed by atoms with Crippen molar-refractivity contribution in [3.05, 3.63) is 22.7 Å². The minimum Gasteiger partial charge on any atom is -0.488 e. The van der Waals surface area contributed by atoms with Crippen molar-refractivity contribution in [2.45, 2.75) is 26.9 Å². The molecule has 0 saturated heterocycles. The van der Waals surface area contributed by atoms with Crippen LogP contribution in [-0.2, 0) is 0 Å². The first kappa shape index (κ1) is 13.6. The van der Waals surface area contributed by atoms with Crippen LogP contribution in [0, 0.1) is 0 Å². The normalized spacial score (nSPS) is 10.4. The molecule has 0 amide bonds. The molecule has 17 heavy (non-hydrogen) atoms. The quantitative estimate of drug-likeness (QED) is 0.881. The Hall–Kier alpha value is -1.42. The Labute approximate surface area is 105 Å². The van der Waals surface area contributed by atoms with E-state index in [-0.39, 0.29) is 16.7 Å². The summed E-state index contributed by atoms with van der Waals surface area (Å²) < 4.78 is 10.9. The molecule has 0 heterocycles. The van der Waals surface area contributed by atoms with Crippen molar-refractivity contribution in [2.75, 3.05) is 6.61 Å². The zero-order valence-electron chi connectivity index (χ0n) is 9.99. The van der Waals surface area contributed by atoms with Crippen LogP contribution in [0.1, 0.15) is 31.1 Å². The first-order valence-electron chi connectivity index (χ1n) is 5.32. The highest BCUT2D eigenvalue weighted by molar-refractivity contribution is 6.32. The number of aromatic carboxylic acids is 1. The number of carbonyl (C=O) groups is 1. The molecule has 0 radical (unpaired) electrons. The molecule has 0 aliphatic heterocycles. The smallest absolute Gasteiger partial charge is 0.335 e. The van der Waals surface area contributed by atoms with Gasteiger partial charge in [-0.05, 0) is 32.9 Å². The fourth-order valence-corrected chi connectivity index (χ4v) is 1.58. The molecule has 1 aromatic rings. The fourth-order valence-electron chi connectivity index (χ4n) is 1.32. The molecule has 1 N–H and O–H groups in total. The Morgan fingerprint density at radius 1 is 1.47 bits per heavy atom. The molecule has 94 valence electrons. The van der Waals surface area contributed by atoms with E-state index in [1.165, 1.54) is 12.1 Å². The van der Waals surface area contributed by atoms with Gasteiger partial charge in [-0.2, -0.15) is 0 Å². The van der Waals surface area contributed by atoms with Crippen LogP contribution in [0.25, 0.3) is 0 Å². The second kappa shape index (κ2) is 5.77. The Morgan fingerprint density at radius 2 is 2.12 bits per heavy atom. The lowest BCUT2D eigenvalue weighted by Gasteiger charge is -2.16. The number of hydrogen-bond acceptors (Lipinski definition) is 3. The minimum absolute atomic E-state index is 0.0779. The van der Waals surface area contributed by atoms with Gasteiger partial charge in [0.1, 0.15) is 0 Å². The van der Waals surface area contributed by atoms with E-state index < -0.39 is 5.97 Å². The highest BCUT2D eigenvalue weighted by Gasteiger charge is 2.16. The number of carboxylic acids is 1. The van der Waals surface area contributed by atoms with E-state index >= 15 is 0 Å². The van der Waals surface area contributed by atoms with E-state index in [0.29, 0.717) is 18.1 Å². The van der Waals surface area contributed by atoms with Crippen molar-refractivity contribution < 1.29 is 19.4 Å². The average molecular weight is 259 g/mol. The van der Waals surface area contributed by atoms with Crippen molar-refractivity contribution in [1.82, 2.24) is 0 Å². The summed E-state index contributed by atoms with van der Waals surface area (Å²) in [7, 11) is 0. The molecule has 5 heteroatoms. The predicted octanol–water partition coefficient (Wildman–Crippen LogP) is 3.22. The third kappa shape index (κ3) is 3.53. The number of hydrogen-bond donors (Lipinski definition) is 1. The van der Waals surface area contributed by atoms with E-state index in [1.54, 1.807) is 0 Å². The monoisotopic (exact) mass is 258 g/mol. The SMILES string of the molecule is CCOc1c(Cl)cc(C(=O)O)cc1OC(C)C. The summed E-state index contributed by atoms with van der Waals surface area (Å²) >= 11 is 5.97. The van der Waals surface area contributed by atoms with Gasteiger partial charge in [0.25, 0.3) is 0 Å². The molecule has 1 aromatic carbocycles. The molecule has 0 aliphatic rings. The van der Waals surface area contributed by atoms with Crippen LogP contribution in [0.3, 0.4) is 0 Å². The zero-order valence-corrected chi connectivity index (χ0v) is 10.7. The molecule has 0 saturated carbocycles. The van der Waals surface area contributed by atoms with Crippen LogP contribution >= 0.6 is 11.6 Å². The van der Waals surface area contributed by atoms with Crippen LogP contribution in [0.5, 0.6) is 11.5 Å². The predicted molar refractivity (Wildman–Crippen MR) is 65.3 cm³/mol. The first-order chi connectivity index (χ1) is 7.95. The van der Waals surface area contributed by atoms with Gasteiger partial charge in [0, 0.05) is 0 Å². The second-order valence-corrected chi connectivity index (χ2v) is 4.10. The average Bonchev–Trinajstić information content (AvgIpc) is 2.21. The van der Waals surface area contributed by atoms with Gasteiger partial charge in [0.2, 0.25) is 0 Å². The maximum Gasteiger partial charge on any atom is 0.335 e. The fraction of sp³-hybridized carbons (Fsp3) is 0.417. The van der Waals surface area contributed by atoms with E-state index in [0.717, 1.165) is 0 Å². The van der Waals surface area contributed by atoms with Crippen molar-refractivity contribution in [2.24, 2.45) is 0 Å². The lowest BCUT2D eigenvalue weighted by Crippen LogP contribution is -2.09. The molecule has 1 rings (SSSR count). The highest BCUT2D eigenvalue weighted by atomic mass is 35.5. The third-order valence-corrected chi connectivity index (χ3v) is 2.19. The summed E-state index contributed by atoms with van der Waals surface area (Å²) in [6.45, 7) is 5.94. The Morgan fingerprint density at radius 3 is 2.59 bits per heavy atom. The molecule has 4 nitrogen and oxygen atoms in total. The number of ether oxygens (including phenoxy) is 2. The summed E-state index contributed by atoms with van der Waals surface area (Å²) in [4.78, 5) is 10.9. The summed E-state index contributed by atoms with van der Waals surface area (Å²) in [5, 5.41) is 9.17. The van der Waals surface area contributed by atoms with Crippen molar-refractivity contribution in [1.29, 1.82) is 0 Å². The molecule has 0 aliphatic carbocycles. The van der Waals surface area contributed by atoms with Gasteiger partial charge in [0.05, 0.1) is 23.3 Å². The van der Waals surface area contributed by atoms with Gasteiger partial charge < -0.3 is 14.6 Å². The molecule has 0 fully saturated rings.